The van der Waals surface area contributed by atoms with E-state index in [1.54, 1.807) is 12.1 Å². The number of hydrogen-bond donors (Lipinski definition) is 0. The van der Waals surface area contributed by atoms with Gasteiger partial charge in [-0.05, 0) is 35.4 Å². The summed E-state index contributed by atoms with van der Waals surface area (Å²) in [5.74, 6) is -1.26. The van der Waals surface area contributed by atoms with Crippen molar-refractivity contribution in [2.75, 3.05) is 23.7 Å². The van der Waals surface area contributed by atoms with Crippen LogP contribution in [0.4, 0.5) is 14.5 Å². The highest BCUT2D eigenvalue weighted by Crippen LogP contribution is 2.36. The lowest BCUT2D eigenvalue weighted by Gasteiger charge is -2.48. The van der Waals surface area contributed by atoms with Gasteiger partial charge in [-0.3, -0.25) is 14.0 Å². The number of rotatable bonds is 8. The van der Waals surface area contributed by atoms with Gasteiger partial charge < -0.3 is 4.74 Å². The van der Waals surface area contributed by atoms with E-state index in [9.17, 15) is 22.0 Å². The van der Waals surface area contributed by atoms with Crippen LogP contribution in [-0.2, 0) is 14.8 Å². The number of nitrogens with zero attached hydrogens (tertiary/aromatic N) is 2. The van der Waals surface area contributed by atoms with Crippen LogP contribution in [0, 0.1) is 11.6 Å². The summed E-state index contributed by atoms with van der Waals surface area (Å²) >= 11 is 0. The Kier molecular flexibility index (Phi) is 6.44. The second-order valence-electron chi connectivity index (χ2n) is 7.89. The summed E-state index contributed by atoms with van der Waals surface area (Å²) in [6, 6.07) is 18.9. The maximum atomic E-state index is 13.8. The molecule has 1 fully saturated rings. The van der Waals surface area contributed by atoms with Crippen LogP contribution in [0.25, 0.3) is 0 Å². The predicted molar refractivity (Wildman–Crippen MR) is 120 cm³/mol. The summed E-state index contributed by atoms with van der Waals surface area (Å²) in [5.41, 5.74) is 1.90. The van der Waals surface area contributed by atoms with E-state index in [1.807, 2.05) is 42.5 Å². The number of carbonyl (C=O) groups is 1. The first-order chi connectivity index (χ1) is 15.8. The molecule has 1 atom stereocenters. The highest BCUT2D eigenvalue weighted by Gasteiger charge is 2.40. The Labute approximate surface area is 191 Å². The minimum absolute atomic E-state index is 0.0359. The van der Waals surface area contributed by atoms with Gasteiger partial charge in [0.15, 0.2) is 0 Å². The number of halogens is 2. The normalized spacial score (nSPS) is 15.5. The standard InChI is InChI=1S/C24H22F2N2O4S/c1-33(30,31)28(21-12-19(25)11-20(26)13-21)22-14-27(15-22)24(17-5-3-2-4-6-17)18-7-9-23(10-8-18)32-16-29/h2-13,16,22,24H,14-15H2,1H3. The highest BCUT2D eigenvalue weighted by atomic mass is 32.2. The molecule has 0 spiro atoms. The number of sulfonamides is 1. The number of benzene rings is 3. The van der Waals surface area contributed by atoms with Gasteiger partial charge in [-0.1, -0.05) is 42.5 Å². The van der Waals surface area contributed by atoms with Gasteiger partial charge in [0.25, 0.3) is 6.47 Å². The van der Waals surface area contributed by atoms with E-state index < -0.39 is 27.7 Å². The first kappa shape index (κ1) is 22.9. The Balaban J connectivity index is 1.62. The van der Waals surface area contributed by atoms with Crippen molar-refractivity contribution in [1.29, 1.82) is 0 Å². The molecule has 0 amide bonds. The smallest absolute Gasteiger partial charge is 0.298 e. The Hall–Kier alpha value is -3.30. The molecular weight excluding hydrogens is 450 g/mol. The lowest BCUT2D eigenvalue weighted by atomic mass is 9.93. The summed E-state index contributed by atoms with van der Waals surface area (Å²) in [6.07, 6.45) is 1.03. The molecule has 3 aromatic carbocycles. The van der Waals surface area contributed by atoms with E-state index >= 15 is 0 Å². The molecule has 0 saturated carbocycles. The summed E-state index contributed by atoms with van der Waals surface area (Å²) in [7, 11) is -3.78. The van der Waals surface area contributed by atoms with E-state index in [4.69, 9.17) is 4.74 Å². The van der Waals surface area contributed by atoms with Gasteiger partial charge >= 0.3 is 0 Å². The molecule has 1 aliphatic heterocycles. The molecule has 9 heteroatoms. The van der Waals surface area contributed by atoms with Crippen molar-refractivity contribution in [3.8, 4) is 5.75 Å². The largest absolute Gasteiger partial charge is 0.429 e. The van der Waals surface area contributed by atoms with E-state index in [-0.39, 0.29) is 11.7 Å². The minimum atomic E-state index is -3.78. The van der Waals surface area contributed by atoms with Crippen LogP contribution in [0.5, 0.6) is 5.75 Å². The summed E-state index contributed by atoms with van der Waals surface area (Å²) < 4.78 is 58.6. The third-order valence-corrected chi connectivity index (χ3v) is 6.77. The fraction of sp³-hybridized carbons (Fsp3) is 0.208. The van der Waals surface area contributed by atoms with E-state index in [1.165, 1.54) is 0 Å². The van der Waals surface area contributed by atoms with Crippen LogP contribution in [0.3, 0.4) is 0 Å². The van der Waals surface area contributed by atoms with Crippen LogP contribution in [-0.4, -0.2) is 45.2 Å². The molecule has 1 unspecified atom stereocenters. The number of ether oxygens (including phenoxy) is 1. The molecule has 3 aromatic rings. The van der Waals surface area contributed by atoms with Crippen LogP contribution < -0.4 is 9.04 Å². The molecule has 172 valence electrons. The van der Waals surface area contributed by atoms with Gasteiger partial charge in [0.1, 0.15) is 17.4 Å². The van der Waals surface area contributed by atoms with Gasteiger partial charge in [-0.2, -0.15) is 0 Å². The molecule has 1 saturated heterocycles. The summed E-state index contributed by atoms with van der Waals surface area (Å²) in [5, 5.41) is 0. The lowest BCUT2D eigenvalue weighted by molar-refractivity contribution is -0.120. The molecule has 6 nitrogen and oxygen atoms in total. The Morgan fingerprint density at radius 1 is 0.970 bits per heavy atom. The fourth-order valence-electron chi connectivity index (χ4n) is 4.22. The van der Waals surface area contributed by atoms with Crippen LogP contribution >= 0.6 is 0 Å². The molecule has 4 rings (SSSR count). The topological polar surface area (TPSA) is 66.9 Å². The molecule has 1 aliphatic rings. The molecule has 0 aliphatic carbocycles. The second kappa shape index (κ2) is 9.29. The third kappa shape index (κ3) is 5.04. The van der Waals surface area contributed by atoms with Gasteiger partial charge in [0, 0.05) is 19.2 Å². The molecular formula is C24H22F2N2O4S. The fourth-order valence-corrected chi connectivity index (χ4v) is 5.38. The van der Waals surface area contributed by atoms with Gasteiger partial charge in [-0.15, -0.1) is 0 Å². The summed E-state index contributed by atoms with van der Waals surface area (Å²) in [6.45, 7) is 1.08. The van der Waals surface area contributed by atoms with Crippen molar-refractivity contribution < 1.29 is 26.7 Å². The van der Waals surface area contributed by atoms with Crippen molar-refractivity contribution in [3.05, 3.63) is 95.6 Å². The predicted octanol–water partition coefficient (Wildman–Crippen LogP) is 3.74. The average Bonchev–Trinajstić information content (AvgIpc) is 2.72. The Morgan fingerprint density at radius 3 is 2.09 bits per heavy atom. The zero-order chi connectivity index (χ0) is 23.6. The second-order valence-corrected chi connectivity index (χ2v) is 9.75. The number of likely N-dealkylation sites (tertiary alicyclic amines) is 1. The van der Waals surface area contributed by atoms with Crippen molar-refractivity contribution in [1.82, 2.24) is 4.90 Å². The first-order valence-electron chi connectivity index (χ1n) is 10.2. The number of carbonyl (C=O) groups excluding carboxylic acids is 1. The number of hydrogen-bond acceptors (Lipinski definition) is 5. The molecule has 1 heterocycles. The van der Waals surface area contributed by atoms with Crippen molar-refractivity contribution in [2.45, 2.75) is 12.1 Å². The highest BCUT2D eigenvalue weighted by molar-refractivity contribution is 7.92. The average molecular weight is 473 g/mol. The molecule has 0 N–H and O–H groups in total. The van der Waals surface area contributed by atoms with Crippen molar-refractivity contribution in [2.24, 2.45) is 0 Å². The number of anilines is 1. The molecule has 0 bridgehead atoms. The molecule has 33 heavy (non-hydrogen) atoms. The molecule has 0 radical (unpaired) electrons. The van der Waals surface area contributed by atoms with Crippen molar-refractivity contribution in [3.63, 3.8) is 0 Å². The van der Waals surface area contributed by atoms with Crippen LogP contribution in [0.15, 0.2) is 72.8 Å². The third-order valence-electron chi connectivity index (χ3n) is 5.54. The van der Waals surface area contributed by atoms with E-state index in [2.05, 4.69) is 4.90 Å². The quantitative estimate of drug-likeness (QED) is 0.468. The van der Waals surface area contributed by atoms with Gasteiger partial charge in [0.2, 0.25) is 10.0 Å². The van der Waals surface area contributed by atoms with Crippen LogP contribution in [0.2, 0.25) is 0 Å². The summed E-state index contributed by atoms with van der Waals surface area (Å²) in [4.78, 5) is 12.7. The monoisotopic (exact) mass is 472 g/mol. The van der Waals surface area contributed by atoms with Gasteiger partial charge in [-0.25, -0.2) is 17.2 Å². The minimum Gasteiger partial charge on any atom is -0.429 e. The van der Waals surface area contributed by atoms with Crippen molar-refractivity contribution >= 4 is 22.2 Å². The zero-order valence-electron chi connectivity index (χ0n) is 17.8. The lowest BCUT2D eigenvalue weighted by Crippen LogP contribution is -2.61. The van der Waals surface area contributed by atoms with E-state index in [0.29, 0.717) is 31.4 Å². The maximum absolute atomic E-state index is 13.8. The molecule has 0 aromatic heterocycles. The van der Waals surface area contributed by atoms with Gasteiger partial charge in [0.05, 0.1) is 24.0 Å². The Bertz CT molecular complexity index is 1210. The van der Waals surface area contributed by atoms with Crippen LogP contribution in [0.1, 0.15) is 17.2 Å². The zero-order valence-corrected chi connectivity index (χ0v) is 18.6. The Morgan fingerprint density at radius 2 is 1.55 bits per heavy atom. The van der Waals surface area contributed by atoms with E-state index in [0.717, 1.165) is 33.8 Å². The SMILES string of the molecule is CS(=O)(=O)N(c1cc(F)cc(F)c1)C1CN(C(c2ccccc2)c2ccc(OC=O)cc2)C1. The first-order valence-corrected chi connectivity index (χ1v) is 12.1. The maximum Gasteiger partial charge on any atom is 0.298 e.